The predicted octanol–water partition coefficient (Wildman–Crippen LogP) is 2.41. The van der Waals surface area contributed by atoms with Crippen LogP contribution in [0.15, 0.2) is 10.6 Å². The van der Waals surface area contributed by atoms with Gasteiger partial charge in [0.25, 0.3) is 0 Å². The molecule has 0 spiro atoms. The fourth-order valence-corrected chi connectivity index (χ4v) is 1.81. The Bertz CT molecular complexity index is 317. The summed E-state index contributed by atoms with van der Waals surface area (Å²) in [6.07, 6.45) is 5.34. The molecule has 0 amide bonds. The average molecular weight is 224 g/mol. The van der Waals surface area contributed by atoms with Gasteiger partial charge in [0, 0.05) is 12.6 Å². The van der Waals surface area contributed by atoms with Crippen molar-refractivity contribution in [1.29, 1.82) is 0 Å². The van der Waals surface area contributed by atoms with Crippen LogP contribution < -0.4 is 5.32 Å². The minimum atomic E-state index is 0.119. The Balaban J connectivity index is 1.90. The quantitative estimate of drug-likeness (QED) is 0.853. The molecule has 4 nitrogen and oxygen atoms in total. The zero-order valence-corrected chi connectivity index (χ0v) is 10.0. The summed E-state index contributed by atoms with van der Waals surface area (Å²) in [5, 5.41) is 3.28. The number of aromatic nitrogens is 1. The van der Waals surface area contributed by atoms with E-state index in [1.807, 2.05) is 0 Å². The standard InChI is InChI=1S/C12H20N2O2/c1-9(2)13-8-12-14-7-11(16-12)10-5-3-4-6-15-10/h7,9-10,13H,3-6,8H2,1-2H3. The van der Waals surface area contributed by atoms with Gasteiger partial charge in [-0.1, -0.05) is 13.8 Å². The molecule has 1 aliphatic heterocycles. The Kier molecular flexibility index (Phi) is 3.96. The number of ether oxygens (including phenoxy) is 1. The maximum Gasteiger partial charge on any atom is 0.208 e. The second-order valence-corrected chi connectivity index (χ2v) is 4.55. The Hall–Kier alpha value is -0.870. The second-order valence-electron chi connectivity index (χ2n) is 4.55. The monoisotopic (exact) mass is 224 g/mol. The minimum absolute atomic E-state index is 0.119. The van der Waals surface area contributed by atoms with Crippen LogP contribution in [0.5, 0.6) is 0 Å². The first-order chi connectivity index (χ1) is 7.75. The number of rotatable bonds is 4. The highest BCUT2D eigenvalue weighted by molar-refractivity contribution is 4.99. The molecule has 2 rings (SSSR count). The predicted molar refractivity (Wildman–Crippen MR) is 61.0 cm³/mol. The molecule has 2 heterocycles. The maximum atomic E-state index is 5.67. The Morgan fingerprint density at radius 1 is 1.50 bits per heavy atom. The molecule has 0 aromatic carbocycles. The Labute approximate surface area is 96.4 Å². The Morgan fingerprint density at radius 3 is 3.06 bits per heavy atom. The molecule has 1 unspecified atom stereocenters. The second kappa shape index (κ2) is 5.46. The lowest BCUT2D eigenvalue weighted by Crippen LogP contribution is -2.21. The van der Waals surface area contributed by atoms with Crippen LogP contribution in [0, 0.1) is 0 Å². The highest BCUT2D eigenvalue weighted by Gasteiger charge is 2.20. The van der Waals surface area contributed by atoms with Crippen molar-refractivity contribution in [1.82, 2.24) is 10.3 Å². The van der Waals surface area contributed by atoms with E-state index in [1.165, 1.54) is 6.42 Å². The third-order valence-corrected chi connectivity index (χ3v) is 2.73. The molecule has 1 aliphatic rings. The van der Waals surface area contributed by atoms with E-state index in [9.17, 15) is 0 Å². The molecular formula is C12H20N2O2. The van der Waals surface area contributed by atoms with Gasteiger partial charge in [-0.25, -0.2) is 4.98 Å². The van der Waals surface area contributed by atoms with Crippen molar-refractivity contribution in [3.8, 4) is 0 Å². The van der Waals surface area contributed by atoms with Gasteiger partial charge in [0.05, 0.1) is 12.7 Å². The third-order valence-electron chi connectivity index (χ3n) is 2.73. The number of nitrogens with zero attached hydrogens (tertiary/aromatic N) is 1. The number of nitrogens with one attached hydrogen (secondary N) is 1. The molecule has 4 heteroatoms. The largest absolute Gasteiger partial charge is 0.442 e. The van der Waals surface area contributed by atoms with Crippen molar-refractivity contribution in [3.63, 3.8) is 0 Å². The first-order valence-corrected chi connectivity index (χ1v) is 6.05. The molecule has 1 fully saturated rings. The lowest BCUT2D eigenvalue weighted by molar-refractivity contribution is 0.00121. The van der Waals surface area contributed by atoms with E-state index in [1.54, 1.807) is 6.20 Å². The summed E-state index contributed by atoms with van der Waals surface area (Å²) in [5.74, 6) is 1.62. The van der Waals surface area contributed by atoms with Gasteiger partial charge in [0.1, 0.15) is 6.10 Å². The lowest BCUT2D eigenvalue weighted by atomic mass is 10.1. The van der Waals surface area contributed by atoms with Gasteiger partial charge in [-0.05, 0) is 19.3 Å². The van der Waals surface area contributed by atoms with Crippen LogP contribution in [-0.2, 0) is 11.3 Å². The molecular weight excluding hydrogens is 204 g/mol. The summed E-state index contributed by atoms with van der Waals surface area (Å²) >= 11 is 0. The van der Waals surface area contributed by atoms with Crippen molar-refractivity contribution in [2.75, 3.05) is 6.61 Å². The van der Waals surface area contributed by atoms with Gasteiger partial charge in [-0.3, -0.25) is 0 Å². The van der Waals surface area contributed by atoms with Gasteiger partial charge < -0.3 is 14.5 Å². The molecule has 1 aromatic heterocycles. The van der Waals surface area contributed by atoms with E-state index < -0.39 is 0 Å². The van der Waals surface area contributed by atoms with Gasteiger partial charge in [0.15, 0.2) is 5.76 Å². The van der Waals surface area contributed by atoms with E-state index in [-0.39, 0.29) is 6.10 Å². The summed E-state index contributed by atoms with van der Waals surface area (Å²) in [7, 11) is 0. The molecule has 0 aliphatic carbocycles. The van der Waals surface area contributed by atoms with Crippen LogP contribution in [0.1, 0.15) is 50.9 Å². The molecule has 16 heavy (non-hydrogen) atoms. The molecule has 1 atom stereocenters. The van der Waals surface area contributed by atoms with Crippen LogP contribution >= 0.6 is 0 Å². The van der Waals surface area contributed by atoms with E-state index in [0.717, 1.165) is 31.1 Å². The SMILES string of the molecule is CC(C)NCc1ncc(C2CCCCO2)o1. The molecule has 0 radical (unpaired) electrons. The van der Waals surface area contributed by atoms with Crippen LogP contribution in [0.3, 0.4) is 0 Å². The van der Waals surface area contributed by atoms with E-state index in [4.69, 9.17) is 9.15 Å². The lowest BCUT2D eigenvalue weighted by Gasteiger charge is -2.19. The van der Waals surface area contributed by atoms with Crippen LogP contribution in [0.4, 0.5) is 0 Å². The van der Waals surface area contributed by atoms with Crippen molar-refractivity contribution >= 4 is 0 Å². The van der Waals surface area contributed by atoms with Gasteiger partial charge in [-0.15, -0.1) is 0 Å². The van der Waals surface area contributed by atoms with Gasteiger partial charge in [0.2, 0.25) is 5.89 Å². The van der Waals surface area contributed by atoms with E-state index in [2.05, 4.69) is 24.1 Å². The topological polar surface area (TPSA) is 47.3 Å². The smallest absolute Gasteiger partial charge is 0.208 e. The fourth-order valence-electron chi connectivity index (χ4n) is 1.81. The highest BCUT2D eigenvalue weighted by atomic mass is 16.5. The molecule has 1 saturated heterocycles. The highest BCUT2D eigenvalue weighted by Crippen LogP contribution is 2.27. The van der Waals surface area contributed by atoms with Crippen molar-refractivity contribution < 1.29 is 9.15 Å². The minimum Gasteiger partial charge on any atom is -0.442 e. The van der Waals surface area contributed by atoms with Gasteiger partial charge >= 0.3 is 0 Å². The Morgan fingerprint density at radius 2 is 2.38 bits per heavy atom. The summed E-state index contributed by atoms with van der Waals surface area (Å²) in [5.41, 5.74) is 0. The summed E-state index contributed by atoms with van der Waals surface area (Å²) < 4.78 is 11.3. The third kappa shape index (κ3) is 3.06. The van der Waals surface area contributed by atoms with Crippen molar-refractivity contribution in [3.05, 3.63) is 17.8 Å². The summed E-state index contributed by atoms with van der Waals surface area (Å²) in [4.78, 5) is 4.25. The first kappa shape index (κ1) is 11.6. The van der Waals surface area contributed by atoms with Crippen LogP contribution in [0.25, 0.3) is 0 Å². The van der Waals surface area contributed by atoms with Crippen molar-refractivity contribution in [2.24, 2.45) is 0 Å². The van der Waals surface area contributed by atoms with Crippen LogP contribution in [-0.4, -0.2) is 17.6 Å². The number of oxazole rings is 1. The normalized spacial score (nSPS) is 21.6. The summed E-state index contributed by atoms with van der Waals surface area (Å²) in [6.45, 7) is 5.73. The summed E-state index contributed by atoms with van der Waals surface area (Å²) in [6, 6.07) is 0.446. The number of hydrogen-bond acceptors (Lipinski definition) is 4. The first-order valence-electron chi connectivity index (χ1n) is 6.05. The molecule has 90 valence electrons. The van der Waals surface area contributed by atoms with E-state index in [0.29, 0.717) is 12.6 Å². The fraction of sp³-hybridized carbons (Fsp3) is 0.750. The van der Waals surface area contributed by atoms with Gasteiger partial charge in [-0.2, -0.15) is 0 Å². The average Bonchev–Trinajstić information content (AvgIpc) is 2.76. The molecule has 1 aromatic rings. The maximum absolute atomic E-state index is 5.67. The van der Waals surface area contributed by atoms with Crippen molar-refractivity contribution in [2.45, 2.75) is 51.8 Å². The zero-order chi connectivity index (χ0) is 11.4. The molecule has 0 saturated carbocycles. The molecule has 1 N–H and O–H groups in total. The van der Waals surface area contributed by atoms with Crippen LogP contribution in [0.2, 0.25) is 0 Å². The van der Waals surface area contributed by atoms with E-state index >= 15 is 0 Å². The number of hydrogen-bond donors (Lipinski definition) is 1. The molecule has 0 bridgehead atoms. The zero-order valence-electron chi connectivity index (χ0n) is 10.0.